The van der Waals surface area contributed by atoms with E-state index < -0.39 is 0 Å². The minimum Gasteiger partial charge on any atom is -0.380 e. The van der Waals surface area contributed by atoms with Crippen molar-refractivity contribution in [2.45, 2.75) is 30.3 Å². The quantitative estimate of drug-likeness (QED) is 0.354. The summed E-state index contributed by atoms with van der Waals surface area (Å²) in [5, 5.41) is 3.73. The predicted molar refractivity (Wildman–Crippen MR) is 138 cm³/mol. The topological polar surface area (TPSA) is 53.1 Å². The predicted octanol–water partition coefficient (Wildman–Crippen LogP) is 5.60. The van der Waals surface area contributed by atoms with Gasteiger partial charge in [0.25, 0.3) is 0 Å². The lowest BCUT2D eigenvalue weighted by Gasteiger charge is -2.30. The highest BCUT2D eigenvalue weighted by Crippen LogP contribution is 2.28. The normalized spacial score (nSPS) is 15.1. The molecule has 0 amide bonds. The summed E-state index contributed by atoms with van der Waals surface area (Å²) >= 11 is 1.65. The number of anilines is 1. The maximum absolute atomic E-state index is 5.03. The zero-order chi connectivity index (χ0) is 22.5. The molecule has 0 radical (unpaired) electrons. The van der Waals surface area contributed by atoms with Gasteiger partial charge in [-0.1, -0.05) is 42.5 Å². The smallest absolute Gasteiger partial charge is 0.112 e. The van der Waals surface area contributed by atoms with E-state index in [-0.39, 0.29) is 0 Å². The number of rotatable bonds is 7. The van der Waals surface area contributed by atoms with Gasteiger partial charge in [-0.15, -0.1) is 0 Å². The molecule has 0 bridgehead atoms. The summed E-state index contributed by atoms with van der Waals surface area (Å²) in [6.07, 6.45) is 4.17. The Bertz CT molecular complexity index is 1210. The van der Waals surface area contributed by atoms with E-state index in [1.54, 1.807) is 11.9 Å². The maximum atomic E-state index is 5.03. The molecular formula is C27H29N5S. The zero-order valence-corrected chi connectivity index (χ0v) is 19.7. The highest BCUT2D eigenvalue weighted by molar-refractivity contribution is 7.97. The number of benzene rings is 2. The monoisotopic (exact) mass is 455 g/mol. The standard InChI is InChI=1S/C27H29N5S/c1-32-16-13-22(14-17-32)30-26-12-15-28-25-11-10-24(31-27(25)26)21-8-5-9-23(18-21)33-29-19-20-6-3-2-4-7-20/h2-12,15,18,22,29H,13-14,16-17,19H2,1H3,(H,28,30). The molecule has 168 valence electrons. The molecule has 0 unspecified atom stereocenters. The van der Waals surface area contributed by atoms with E-state index in [9.17, 15) is 0 Å². The van der Waals surface area contributed by atoms with Crippen LogP contribution in [0.1, 0.15) is 18.4 Å². The molecule has 1 aliphatic heterocycles. The second kappa shape index (κ2) is 10.3. The first kappa shape index (κ1) is 21.9. The molecule has 0 spiro atoms. The third-order valence-corrected chi connectivity index (χ3v) is 6.88. The average molecular weight is 456 g/mol. The van der Waals surface area contributed by atoms with Crippen molar-refractivity contribution in [2.24, 2.45) is 0 Å². The zero-order valence-electron chi connectivity index (χ0n) is 18.9. The highest BCUT2D eigenvalue weighted by Gasteiger charge is 2.17. The van der Waals surface area contributed by atoms with Gasteiger partial charge >= 0.3 is 0 Å². The Balaban J connectivity index is 1.33. The maximum Gasteiger partial charge on any atom is 0.112 e. The highest BCUT2D eigenvalue weighted by atomic mass is 32.2. The van der Waals surface area contributed by atoms with Crippen LogP contribution < -0.4 is 10.0 Å². The molecule has 0 atom stereocenters. The fourth-order valence-corrected chi connectivity index (χ4v) is 4.93. The number of aromatic nitrogens is 2. The van der Waals surface area contributed by atoms with E-state index in [0.717, 1.165) is 60.5 Å². The van der Waals surface area contributed by atoms with Gasteiger partial charge < -0.3 is 10.2 Å². The van der Waals surface area contributed by atoms with Gasteiger partial charge in [0.2, 0.25) is 0 Å². The van der Waals surface area contributed by atoms with Gasteiger partial charge in [-0.3, -0.25) is 9.71 Å². The van der Waals surface area contributed by atoms with Crippen molar-refractivity contribution in [2.75, 3.05) is 25.5 Å². The minimum absolute atomic E-state index is 0.479. The summed E-state index contributed by atoms with van der Waals surface area (Å²) < 4.78 is 3.46. The molecule has 2 aromatic heterocycles. The molecule has 5 nitrogen and oxygen atoms in total. The largest absolute Gasteiger partial charge is 0.380 e. The molecule has 33 heavy (non-hydrogen) atoms. The number of likely N-dealkylation sites (tertiary alicyclic amines) is 1. The number of nitrogens with zero attached hydrogens (tertiary/aromatic N) is 3. The first-order chi connectivity index (χ1) is 16.2. The van der Waals surface area contributed by atoms with Crippen molar-refractivity contribution >= 4 is 28.7 Å². The van der Waals surface area contributed by atoms with Crippen LogP contribution in [0.5, 0.6) is 0 Å². The second-order valence-electron chi connectivity index (χ2n) is 8.58. The molecule has 1 fully saturated rings. The first-order valence-electron chi connectivity index (χ1n) is 11.5. The molecule has 1 aliphatic rings. The van der Waals surface area contributed by atoms with E-state index in [1.807, 2.05) is 12.3 Å². The Morgan fingerprint density at radius 2 is 1.82 bits per heavy atom. The van der Waals surface area contributed by atoms with E-state index in [1.165, 1.54) is 10.5 Å². The van der Waals surface area contributed by atoms with E-state index in [4.69, 9.17) is 4.98 Å². The van der Waals surface area contributed by atoms with E-state index in [2.05, 4.69) is 93.7 Å². The van der Waals surface area contributed by atoms with E-state index in [0.29, 0.717) is 6.04 Å². The SMILES string of the molecule is CN1CCC(Nc2ccnc3ccc(-c4cccc(SNCc5ccccc5)c4)nc23)CC1. The molecule has 0 aliphatic carbocycles. The van der Waals surface area contributed by atoms with Crippen molar-refractivity contribution in [3.63, 3.8) is 0 Å². The van der Waals surface area contributed by atoms with Gasteiger partial charge in [0.15, 0.2) is 0 Å². The van der Waals surface area contributed by atoms with Crippen LogP contribution in [0.2, 0.25) is 0 Å². The first-order valence-corrected chi connectivity index (χ1v) is 12.3. The van der Waals surface area contributed by atoms with Gasteiger partial charge in [0, 0.05) is 29.2 Å². The third kappa shape index (κ3) is 5.53. The summed E-state index contributed by atoms with van der Waals surface area (Å²) in [6.45, 7) is 3.08. The van der Waals surface area contributed by atoms with Crippen molar-refractivity contribution < 1.29 is 0 Å². The fourth-order valence-electron chi connectivity index (χ4n) is 4.19. The lowest BCUT2D eigenvalue weighted by Crippen LogP contribution is -2.36. The third-order valence-electron chi connectivity index (χ3n) is 6.10. The number of fused-ring (bicyclic) bond motifs is 1. The molecule has 0 saturated carbocycles. The summed E-state index contributed by atoms with van der Waals surface area (Å²) in [6, 6.07) is 25.6. The Morgan fingerprint density at radius 1 is 0.970 bits per heavy atom. The molecular weight excluding hydrogens is 426 g/mol. The number of nitrogens with one attached hydrogen (secondary N) is 2. The van der Waals surface area contributed by atoms with Crippen LogP contribution in [-0.4, -0.2) is 41.0 Å². The summed E-state index contributed by atoms with van der Waals surface area (Å²) in [4.78, 5) is 13.1. The van der Waals surface area contributed by atoms with Crippen LogP contribution in [0, 0.1) is 0 Å². The molecule has 2 N–H and O–H groups in total. The van der Waals surface area contributed by atoms with Gasteiger partial charge in [-0.05, 0) is 80.8 Å². The number of pyridine rings is 2. The van der Waals surface area contributed by atoms with Crippen LogP contribution in [-0.2, 0) is 6.54 Å². The molecule has 2 aromatic carbocycles. The van der Waals surface area contributed by atoms with Crippen LogP contribution in [0.15, 0.2) is 83.9 Å². The van der Waals surface area contributed by atoms with Crippen LogP contribution in [0.3, 0.4) is 0 Å². The van der Waals surface area contributed by atoms with Crippen molar-refractivity contribution in [3.05, 3.63) is 84.6 Å². The Morgan fingerprint density at radius 3 is 2.67 bits per heavy atom. The van der Waals surface area contributed by atoms with Gasteiger partial charge in [0.05, 0.1) is 16.9 Å². The van der Waals surface area contributed by atoms with Crippen LogP contribution in [0.4, 0.5) is 5.69 Å². The Hall–Kier alpha value is -2.93. The molecule has 4 aromatic rings. The van der Waals surface area contributed by atoms with Crippen molar-refractivity contribution in [1.29, 1.82) is 0 Å². The summed E-state index contributed by atoms with van der Waals surface area (Å²) in [7, 11) is 2.19. The second-order valence-corrected chi connectivity index (χ2v) is 9.55. The molecule has 6 heteroatoms. The Labute approximate surface area is 199 Å². The van der Waals surface area contributed by atoms with Gasteiger partial charge in [0.1, 0.15) is 5.52 Å². The Kier molecular flexibility index (Phi) is 6.86. The summed E-state index contributed by atoms with van der Waals surface area (Å²) in [5.74, 6) is 0. The number of hydrogen-bond donors (Lipinski definition) is 2. The van der Waals surface area contributed by atoms with Crippen LogP contribution in [0.25, 0.3) is 22.3 Å². The van der Waals surface area contributed by atoms with Gasteiger partial charge in [-0.25, -0.2) is 4.98 Å². The minimum atomic E-state index is 0.479. The summed E-state index contributed by atoms with van der Waals surface area (Å²) in [5.41, 5.74) is 6.28. The molecule has 3 heterocycles. The molecule has 1 saturated heterocycles. The van der Waals surface area contributed by atoms with Crippen molar-refractivity contribution in [3.8, 4) is 11.3 Å². The fraction of sp³-hybridized carbons (Fsp3) is 0.259. The molecule has 5 rings (SSSR count). The van der Waals surface area contributed by atoms with Crippen LogP contribution >= 0.6 is 11.9 Å². The number of piperidine rings is 1. The number of hydrogen-bond acceptors (Lipinski definition) is 6. The van der Waals surface area contributed by atoms with E-state index >= 15 is 0 Å². The van der Waals surface area contributed by atoms with Crippen molar-refractivity contribution in [1.82, 2.24) is 19.6 Å². The lowest BCUT2D eigenvalue weighted by atomic mass is 10.0. The van der Waals surface area contributed by atoms with Gasteiger partial charge in [-0.2, -0.15) is 0 Å². The lowest BCUT2D eigenvalue weighted by molar-refractivity contribution is 0.264. The average Bonchev–Trinajstić information content (AvgIpc) is 2.86.